The van der Waals surface area contributed by atoms with Gasteiger partial charge in [-0.25, -0.2) is 0 Å². The molecule has 1 atom stereocenters. The summed E-state index contributed by atoms with van der Waals surface area (Å²) >= 11 is 6.38. The highest BCUT2D eigenvalue weighted by molar-refractivity contribution is 7.84. The third-order valence-electron chi connectivity index (χ3n) is 6.43. The van der Waals surface area contributed by atoms with Gasteiger partial charge in [0.25, 0.3) is 0 Å². The maximum absolute atomic E-state index is 12.7. The normalized spacial score (nSPS) is 14.9. The van der Waals surface area contributed by atoms with Crippen LogP contribution in [0.5, 0.6) is 5.75 Å². The van der Waals surface area contributed by atoms with Gasteiger partial charge in [-0.05, 0) is 68.2 Å². The van der Waals surface area contributed by atoms with E-state index in [9.17, 15) is 9.00 Å². The van der Waals surface area contributed by atoms with Gasteiger partial charge in [-0.3, -0.25) is 14.0 Å². The third kappa shape index (κ3) is 6.07. The molecule has 194 valence electrons. The first-order chi connectivity index (χ1) is 17.3. The van der Waals surface area contributed by atoms with E-state index in [0.717, 1.165) is 65.1 Å². The molecular weight excluding hydrogens is 494 g/mol. The lowest BCUT2D eigenvalue weighted by Gasteiger charge is -2.36. The molecule has 2 heterocycles. The van der Waals surface area contributed by atoms with Gasteiger partial charge in [0.1, 0.15) is 5.75 Å². The second-order valence-electron chi connectivity index (χ2n) is 9.04. The highest BCUT2D eigenvalue weighted by atomic mass is 35.5. The molecule has 0 radical (unpaired) electrons. The summed E-state index contributed by atoms with van der Waals surface area (Å²) in [7, 11) is 4.58. The van der Waals surface area contributed by atoms with Crippen LogP contribution in [0.1, 0.15) is 37.0 Å². The summed E-state index contributed by atoms with van der Waals surface area (Å²) in [6.45, 7) is 6.92. The van der Waals surface area contributed by atoms with Crippen LogP contribution in [0.4, 0.5) is 5.69 Å². The molecule has 1 fully saturated rings. The maximum Gasteiger partial charge on any atom is 0.155 e. The number of hydrogen-bond acceptors (Lipinski definition) is 6. The Labute approximate surface area is 222 Å². The molecule has 1 saturated heterocycles. The SMILES string of the molecule is CC.COc1cc(-c2ccc3ncc(S(C)=O)c(N4CCC(CN(C)C)CC4)c3c2)cc(Cl)c1C=O. The molecular formula is C28H36ClN3O3S. The van der Waals surface area contributed by atoms with Crippen LogP contribution in [0.3, 0.4) is 0 Å². The van der Waals surface area contributed by atoms with Gasteiger partial charge in [0.2, 0.25) is 0 Å². The molecule has 6 nitrogen and oxygen atoms in total. The molecule has 1 unspecified atom stereocenters. The van der Waals surface area contributed by atoms with Gasteiger partial charge in [-0.15, -0.1) is 0 Å². The van der Waals surface area contributed by atoms with Gasteiger partial charge in [-0.1, -0.05) is 31.5 Å². The van der Waals surface area contributed by atoms with E-state index in [1.807, 2.05) is 32.0 Å². The van der Waals surface area contributed by atoms with E-state index >= 15 is 0 Å². The highest BCUT2D eigenvalue weighted by Gasteiger charge is 2.25. The number of halogens is 1. The fraction of sp³-hybridized carbons (Fsp3) is 0.429. The van der Waals surface area contributed by atoms with Crippen LogP contribution in [0.25, 0.3) is 22.0 Å². The first-order valence-corrected chi connectivity index (χ1v) is 14.2. The van der Waals surface area contributed by atoms with Crippen molar-refractivity contribution in [2.24, 2.45) is 5.92 Å². The van der Waals surface area contributed by atoms with Crippen molar-refractivity contribution in [2.45, 2.75) is 31.6 Å². The summed E-state index contributed by atoms with van der Waals surface area (Å²) < 4.78 is 18.1. The number of nitrogens with zero attached hydrogens (tertiary/aromatic N) is 3. The monoisotopic (exact) mass is 529 g/mol. The first-order valence-electron chi connectivity index (χ1n) is 12.3. The number of hydrogen-bond donors (Lipinski definition) is 0. The Bertz CT molecular complexity index is 1240. The van der Waals surface area contributed by atoms with E-state index in [0.29, 0.717) is 28.5 Å². The van der Waals surface area contributed by atoms with Crippen molar-refractivity contribution in [3.63, 3.8) is 0 Å². The van der Waals surface area contributed by atoms with Crippen LogP contribution in [-0.2, 0) is 10.8 Å². The average Bonchev–Trinajstić information content (AvgIpc) is 2.88. The number of carbonyl (C=O) groups excluding carboxylic acids is 1. The largest absolute Gasteiger partial charge is 0.496 e. The van der Waals surface area contributed by atoms with Crippen LogP contribution in [-0.4, -0.2) is 67.5 Å². The van der Waals surface area contributed by atoms with E-state index < -0.39 is 10.8 Å². The standard InChI is InChI=1S/C26H30ClN3O3S.C2H6/c1-29(2)15-17-7-9-30(10-8-17)26-20-11-18(5-6-23(20)28-14-25(26)34(4)32)19-12-22(27)21(16-31)24(13-19)33-3;1-2/h5-6,11-14,16-17H,7-10,15H2,1-4H3;1-2H3. The number of fused-ring (bicyclic) bond motifs is 1. The molecule has 36 heavy (non-hydrogen) atoms. The zero-order valence-corrected chi connectivity index (χ0v) is 23.6. The van der Waals surface area contributed by atoms with Crippen LogP contribution in [0.2, 0.25) is 5.02 Å². The lowest BCUT2D eigenvalue weighted by molar-refractivity contribution is 0.112. The van der Waals surface area contributed by atoms with E-state index in [1.165, 1.54) is 7.11 Å². The Morgan fingerprint density at radius 1 is 1.17 bits per heavy atom. The van der Waals surface area contributed by atoms with Crippen molar-refractivity contribution in [2.75, 3.05) is 52.0 Å². The van der Waals surface area contributed by atoms with Crippen LogP contribution >= 0.6 is 11.6 Å². The zero-order chi connectivity index (χ0) is 26.4. The van der Waals surface area contributed by atoms with Crippen LogP contribution in [0.15, 0.2) is 41.4 Å². The van der Waals surface area contributed by atoms with E-state index in [2.05, 4.69) is 34.9 Å². The molecule has 0 bridgehead atoms. The topological polar surface area (TPSA) is 62.7 Å². The number of aldehydes is 1. The van der Waals surface area contributed by atoms with Gasteiger partial charge >= 0.3 is 0 Å². The zero-order valence-electron chi connectivity index (χ0n) is 22.0. The number of anilines is 1. The van der Waals surface area contributed by atoms with Crippen LogP contribution < -0.4 is 9.64 Å². The van der Waals surface area contributed by atoms with Crippen molar-refractivity contribution in [3.05, 3.63) is 47.1 Å². The summed E-state index contributed by atoms with van der Waals surface area (Å²) in [5.41, 5.74) is 3.95. The number of piperidine rings is 1. The molecule has 1 aromatic heterocycles. The third-order valence-corrected chi connectivity index (χ3v) is 7.66. The van der Waals surface area contributed by atoms with E-state index in [4.69, 9.17) is 16.3 Å². The van der Waals surface area contributed by atoms with Gasteiger partial charge in [0, 0.05) is 37.5 Å². The summed E-state index contributed by atoms with van der Waals surface area (Å²) in [6, 6.07) is 9.63. The average molecular weight is 530 g/mol. The number of ether oxygens (including phenoxy) is 1. The van der Waals surface area contributed by atoms with Crippen molar-refractivity contribution in [1.82, 2.24) is 9.88 Å². The summed E-state index contributed by atoms with van der Waals surface area (Å²) in [5, 5.41) is 1.31. The Balaban J connectivity index is 0.00000176. The number of rotatable bonds is 7. The summed E-state index contributed by atoms with van der Waals surface area (Å²) in [5.74, 6) is 1.10. The minimum Gasteiger partial charge on any atom is -0.496 e. The molecule has 0 aliphatic carbocycles. The molecule has 1 aliphatic heterocycles. The van der Waals surface area contributed by atoms with Crippen molar-refractivity contribution in [3.8, 4) is 16.9 Å². The fourth-order valence-corrected chi connectivity index (χ4v) is 5.74. The van der Waals surface area contributed by atoms with E-state index in [1.54, 1.807) is 18.5 Å². The number of pyridine rings is 1. The smallest absolute Gasteiger partial charge is 0.155 e. The van der Waals surface area contributed by atoms with Crippen molar-refractivity contribution in [1.29, 1.82) is 0 Å². The van der Waals surface area contributed by atoms with E-state index in [-0.39, 0.29) is 0 Å². The summed E-state index contributed by atoms with van der Waals surface area (Å²) in [4.78, 5) is 21.4. The minimum absolute atomic E-state index is 0.334. The molecule has 4 rings (SSSR count). The molecule has 1 aliphatic rings. The number of aromatic nitrogens is 1. The molecule has 3 aromatic rings. The van der Waals surface area contributed by atoms with Gasteiger partial charge in [0.15, 0.2) is 6.29 Å². The number of benzene rings is 2. The number of carbonyl (C=O) groups is 1. The molecule has 0 amide bonds. The Hall–Kier alpha value is -2.48. The van der Waals surface area contributed by atoms with Crippen LogP contribution in [0, 0.1) is 5.92 Å². The van der Waals surface area contributed by atoms with Crippen molar-refractivity contribution < 1.29 is 13.7 Å². The Morgan fingerprint density at radius 3 is 2.44 bits per heavy atom. The summed E-state index contributed by atoms with van der Waals surface area (Å²) in [6.07, 6.45) is 6.35. The highest BCUT2D eigenvalue weighted by Crippen LogP contribution is 2.38. The Kier molecular flexibility index (Phi) is 9.88. The molecule has 0 saturated carbocycles. The quantitative estimate of drug-likeness (QED) is 0.354. The van der Waals surface area contributed by atoms with Gasteiger partial charge in [-0.2, -0.15) is 0 Å². The first kappa shape index (κ1) is 28.1. The molecule has 0 N–H and O–H groups in total. The van der Waals surface area contributed by atoms with Gasteiger partial charge < -0.3 is 14.5 Å². The number of methoxy groups -OCH3 is 1. The predicted molar refractivity (Wildman–Crippen MR) is 151 cm³/mol. The minimum atomic E-state index is -1.17. The molecule has 0 spiro atoms. The van der Waals surface area contributed by atoms with Gasteiger partial charge in [0.05, 0.1) is 44.6 Å². The van der Waals surface area contributed by atoms with Crippen molar-refractivity contribution >= 4 is 45.3 Å². The second kappa shape index (κ2) is 12.7. The lowest BCUT2D eigenvalue weighted by atomic mass is 9.95. The molecule has 2 aromatic carbocycles. The Morgan fingerprint density at radius 2 is 1.86 bits per heavy atom. The maximum atomic E-state index is 12.7. The fourth-order valence-electron chi connectivity index (χ4n) is 4.77. The predicted octanol–water partition coefficient (Wildman–Crippen LogP) is 5.92. The molecule has 8 heteroatoms. The lowest BCUT2D eigenvalue weighted by Crippen LogP contribution is -2.37. The second-order valence-corrected chi connectivity index (χ2v) is 10.8.